The second-order valence-electron chi connectivity index (χ2n) is 8.09. The number of rotatable bonds is 7. The Morgan fingerprint density at radius 1 is 1.19 bits per heavy atom. The summed E-state index contributed by atoms with van der Waals surface area (Å²) < 4.78 is 69.2. The van der Waals surface area contributed by atoms with Crippen molar-refractivity contribution in [2.45, 2.75) is 36.0 Å². The van der Waals surface area contributed by atoms with E-state index in [-0.39, 0.29) is 58.7 Å². The van der Waals surface area contributed by atoms with Crippen molar-refractivity contribution in [2.24, 2.45) is 5.14 Å². The fourth-order valence-corrected chi connectivity index (χ4v) is 4.28. The lowest BCUT2D eigenvalue weighted by atomic mass is 10.2. The molecule has 14 heteroatoms. The molecule has 190 valence electrons. The smallest absolute Gasteiger partial charge is 0.372 e. The largest absolute Gasteiger partial charge is 0.411 e. The Balaban J connectivity index is 1.70. The van der Waals surface area contributed by atoms with Gasteiger partial charge in [-0.1, -0.05) is 17.5 Å². The van der Waals surface area contributed by atoms with E-state index in [9.17, 15) is 21.6 Å². The summed E-state index contributed by atoms with van der Waals surface area (Å²) in [7, 11) is -2.51. The molecule has 0 spiro atoms. The molecule has 0 bridgehead atoms. The Morgan fingerprint density at radius 2 is 1.94 bits per heavy atom. The highest BCUT2D eigenvalue weighted by Crippen LogP contribution is 2.51. The van der Waals surface area contributed by atoms with Crippen LogP contribution in [0.15, 0.2) is 35.2 Å². The first-order valence-electron chi connectivity index (χ1n) is 10.5. The van der Waals surface area contributed by atoms with Crippen molar-refractivity contribution in [1.82, 2.24) is 15.0 Å². The second kappa shape index (κ2) is 9.70. The molecular weight excluding hydrogens is 521 g/mol. The van der Waals surface area contributed by atoms with Crippen LogP contribution < -0.4 is 15.8 Å². The molecule has 0 aliphatic heterocycles. The number of benzene rings is 1. The van der Waals surface area contributed by atoms with Crippen molar-refractivity contribution >= 4 is 44.4 Å². The number of methoxy groups -OCH3 is 1. The SMILES string of the molecule is COCC#Cc1ccc2nc(NCc3cc(Cl)cc(S(N)(=O)=O)c3)nc(NC3(C(F)(F)F)CC3)c2n1. The Morgan fingerprint density at radius 3 is 2.58 bits per heavy atom. The highest BCUT2D eigenvalue weighted by molar-refractivity contribution is 7.89. The molecule has 1 saturated carbocycles. The van der Waals surface area contributed by atoms with Gasteiger partial charge in [0.2, 0.25) is 16.0 Å². The van der Waals surface area contributed by atoms with Crippen molar-refractivity contribution in [2.75, 3.05) is 24.4 Å². The molecule has 1 aliphatic carbocycles. The number of alkyl halides is 3. The van der Waals surface area contributed by atoms with E-state index in [1.807, 2.05) is 0 Å². The van der Waals surface area contributed by atoms with Gasteiger partial charge in [-0.15, -0.1) is 0 Å². The van der Waals surface area contributed by atoms with Crippen molar-refractivity contribution in [3.8, 4) is 11.8 Å². The van der Waals surface area contributed by atoms with Gasteiger partial charge in [-0.05, 0) is 54.7 Å². The van der Waals surface area contributed by atoms with Gasteiger partial charge in [-0.2, -0.15) is 18.2 Å². The zero-order valence-electron chi connectivity index (χ0n) is 18.8. The zero-order valence-corrected chi connectivity index (χ0v) is 20.4. The number of halogens is 4. The van der Waals surface area contributed by atoms with Crippen LogP contribution in [-0.4, -0.2) is 48.8 Å². The number of sulfonamides is 1. The number of hydrogen-bond acceptors (Lipinski definition) is 8. The summed E-state index contributed by atoms with van der Waals surface area (Å²) in [6, 6.07) is 7.20. The average molecular weight is 541 g/mol. The molecule has 0 amide bonds. The monoisotopic (exact) mass is 540 g/mol. The number of fused-ring (bicyclic) bond motifs is 1. The fraction of sp³-hybridized carbons (Fsp3) is 0.318. The van der Waals surface area contributed by atoms with Gasteiger partial charge in [0, 0.05) is 18.7 Å². The van der Waals surface area contributed by atoms with Crippen LogP contribution in [0.5, 0.6) is 0 Å². The fourth-order valence-electron chi connectivity index (χ4n) is 3.35. The molecule has 0 unspecified atom stereocenters. The number of primary sulfonamides is 1. The van der Waals surface area contributed by atoms with Crippen LogP contribution in [0.4, 0.5) is 24.9 Å². The molecule has 4 N–H and O–H groups in total. The number of nitrogens with two attached hydrogens (primary N) is 1. The highest BCUT2D eigenvalue weighted by atomic mass is 35.5. The molecule has 4 rings (SSSR count). The molecule has 3 aromatic rings. The zero-order chi connectivity index (χ0) is 26.1. The number of ether oxygens (including phenoxy) is 1. The van der Waals surface area contributed by atoms with Crippen LogP contribution in [-0.2, 0) is 21.3 Å². The third-order valence-electron chi connectivity index (χ3n) is 5.34. The van der Waals surface area contributed by atoms with E-state index in [1.54, 1.807) is 12.1 Å². The molecule has 1 fully saturated rings. The lowest BCUT2D eigenvalue weighted by Gasteiger charge is -2.22. The standard InChI is InChI=1S/C22H20ClF3N6O3S/c1-35-8-2-3-15-4-5-17-18(29-15)19(32-21(6-7-21)22(24,25)26)31-20(30-17)28-12-13-9-14(23)11-16(10-13)36(27,33)34/h4-5,9-11H,6-8,12H2,1H3,(H2,27,33,34)(H2,28,30,31,32). The topological polar surface area (TPSA) is 132 Å². The van der Waals surface area contributed by atoms with Gasteiger partial charge in [0.15, 0.2) is 5.82 Å². The number of aromatic nitrogens is 3. The molecule has 2 aromatic heterocycles. The van der Waals surface area contributed by atoms with Crippen molar-refractivity contribution in [3.63, 3.8) is 0 Å². The molecule has 36 heavy (non-hydrogen) atoms. The number of anilines is 2. The average Bonchev–Trinajstić information content (AvgIpc) is 3.58. The number of nitrogens with one attached hydrogen (secondary N) is 2. The minimum Gasteiger partial charge on any atom is -0.372 e. The number of hydrogen-bond donors (Lipinski definition) is 3. The minimum absolute atomic E-state index is 0.000114. The summed E-state index contributed by atoms with van der Waals surface area (Å²) in [6.07, 6.45) is -4.69. The number of pyridine rings is 1. The first kappa shape index (κ1) is 25.9. The van der Waals surface area contributed by atoms with Gasteiger partial charge in [0.05, 0.1) is 10.4 Å². The lowest BCUT2D eigenvalue weighted by molar-refractivity contribution is -0.151. The van der Waals surface area contributed by atoms with Crippen molar-refractivity contribution < 1.29 is 26.3 Å². The summed E-state index contributed by atoms with van der Waals surface area (Å²) in [4.78, 5) is 12.7. The molecule has 0 radical (unpaired) electrons. The van der Waals surface area contributed by atoms with E-state index in [4.69, 9.17) is 21.5 Å². The molecule has 0 atom stereocenters. The summed E-state index contributed by atoms with van der Waals surface area (Å²) in [5, 5.41) is 10.7. The van der Waals surface area contributed by atoms with Gasteiger partial charge < -0.3 is 15.4 Å². The van der Waals surface area contributed by atoms with E-state index in [2.05, 4.69) is 37.4 Å². The lowest BCUT2D eigenvalue weighted by Crippen LogP contribution is -2.39. The first-order valence-corrected chi connectivity index (χ1v) is 12.4. The normalized spacial score (nSPS) is 14.7. The maximum Gasteiger partial charge on any atom is 0.411 e. The Kier molecular flexibility index (Phi) is 6.98. The van der Waals surface area contributed by atoms with E-state index >= 15 is 0 Å². The summed E-state index contributed by atoms with van der Waals surface area (Å²) in [5.41, 5.74) is -0.928. The van der Waals surface area contributed by atoms with Gasteiger partial charge in [0.25, 0.3) is 0 Å². The number of nitrogens with zero attached hydrogens (tertiary/aromatic N) is 3. The third-order valence-corrected chi connectivity index (χ3v) is 6.45. The molecule has 0 saturated heterocycles. The van der Waals surface area contributed by atoms with E-state index in [0.29, 0.717) is 11.3 Å². The predicted molar refractivity (Wildman–Crippen MR) is 128 cm³/mol. The minimum atomic E-state index is -4.49. The Hall–Kier alpha value is -3.18. The van der Waals surface area contributed by atoms with Crippen LogP contribution in [0.2, 0.25) is 5.02 Å². The maximum absolute atomic E-state index is 13.7. The third kappa shape index (κ3) is 5.79. The highest BCUT2D eigenvalue weighted by Gasteiger charge is 2.64. The van der Waals surface area contributed by atoms with Crippen LogP contribution >= 0.6 is 11.6 Å². The van der Waals surface area contributed by atoms with Crippen LogP contribution in [0.3, 0.4) is 0 Å². The summed E-state index contributed by atoms with van der Waals surface area (Å²) in [6.45, 7) is 0.185. The second-order valence-corrected chi connectivity index (χ2v) is 10.1. The molecule has 1 aromatic carbocycles. The molecule has 1 aliphatic rings. The van der Waals surface area contributed by atoms with E-state index < -0.39 is 21.7 Å². The van der Waals surface area contributed by atoms with E-state index in [1.165, 1.54) is 25.3 Å². The van der Waals surface area contributed by atoms with Crippen molar-refractivity contribution in [1.29, 1.82) is 0 Å². The molecule has 2 heterocycles. The van der Waals surface area contributed by atoms with Gasteiger partial charge >= 0.3 is 6.18 Å². The van der Waals surface area contributed by atoms with Crippen molar-refractivity contribution in [3.05, 3.63) is 46.6 Å². The van der Waals surface area contributed by atoms with Crippen LogP contribution in [0, 0.1) is 11.8 Å². The summed E-state index contributed by atoms with van der Waals surface area (Å²) in [5.74, 6) is 5.41. The van der Waals surface area contributed by atoms with Crippen LogP contribution in [0.25, 0.3) is 11.0 Å². The Bertz CT molecular complexity index is 1480. The molecular formula is C22H20ClF3N6O3S. The summed E-state index contributed by atoms with van der Waals surface area (Å²) >= 11 is 6.00. The molecule has 9 nitrogen and oxygen atoms in total. The Labute approximate surface area is 209 Å². The van der Waals surface area contributed by atoms with Gasteiger partial charge in [0.1, 0.15) is 23.4 Å². The predicted octanol–water partition coefficient (Wildman–Crippen LogP) is 3.44. The first-order chi connectivity index (χ1) is 16.9. The van der Waals surface area contributed by atoms with Crippen LogP contribution in [0.1, 0.15) is 24.1 Å². The quantitative estimate of drug-likeness (QED) is 0.388. The van der Waals surface area contributed by atoms with E-state index in [0.717, 1.165) is 0 Å². The van der Waals surface area contributed by atoms with Gasteiger partial charge in [-0.3, -0.25) is 0 Å². The van der Waals surface area contributed by atoms with Gasteiger partial charge in [-0.25, -0.2) is 23.5 Å². The maximum atomic E-state index is 13.7.